The van der Waals surface area contributed by atoms with Gasteiger partial charge in [-0.15, -0.1) is 0 Å². The molecule has 0 fully saturated rings. The van der Waals surface area contributed by atoms with Crippen LogP contribution >= 0.6 is 0 Å². The van der Waals surface area contributed by atoms with Crippen LogP contribution in [0.15, 0.2) is 42.6 Å². The van der Waals surface area contributed by atoms with E-state index in [0.29, 0.717) is 11.3 Å². The quantitative estimate of drug-likeness (QED) is 0.750. The minimum Gasteiger partial charge on any atom is -0.322 e. The molecule has 0 aliphatic heterocycles. The molecule has 0 saturated carbocycles. The van der Waals surface area contributed by atoms with Gasteiger partial charge in [-0.25, -0.2) is 4.39 Å². The summed E-state index contributed by atoms with van der Waals surface area (Å²) < 4.78 is 13.9. The van der Waals surface area contributed by atoms with Crippen molar-refractivity contribution in [2.45, 2.75) is 6.92 Å². The number of anilines is 1. The number of rotatable bonds is 2. The maximum atomic E-state index is 13.9. The molecule has 5 heteroatoms. The largest absolute Gasteiger partial charge is 0.322 e. The highest BCUT2D eigenvalue weighted by Crippen LogP contribution is 2.18. The van der Waals surface area contributed by atoms with Crippen molar-refractivity contribution in [2.75, 3.05) is 5.32 Å². The molecule has 1 amide bonds. The van der Waals surface area contributed by atoms with Crippen molar-refractivity contribution < 1.29 is 9.18 Å². The van der Waals surface area contributed by atoms with E-state index in [4.69, 9.17) is 0 Å². The second-order valence-electron chi connectivity index (χ2n) is 4.56. The van der Waals surface area contributed by atoms with Crippen molar-refractivity contribution in [3.05, 3.63) is 59.5 Å². The number of nitrogens with zero attached hydrogens (tertiary/aromatic N) is 1. The number of fused-ring (bicyclic) bond motifs is 1. The minimum atomic E-state index is -0.493. The third-order valence-corrected chi connectivity index (χ3v) is 3.14. The Kier molecular flexibility index (Phi) is 2.95. The first-order chi connectivity index (χ1) is 9.65. The van der Waals surface area contributed by atoms with E-state index in [1.54, 1.807) is 37.4 Å². The van der Waals surface area contributed by atoms with Crippen molar-refractivity contribution >= 4 is 22.5 Å². The van der Waals surface area contributed by atoms with Crippen LogP contribution in [0.3, 0.4) is 0 Å². The van der Waals surface area contributed by atoms with Crippen molar-refractivity contribution in [3.63, 3.8) is 0 Å². The standard InChI is InChI=1S/C15H12FN3O/c1-9-3-2-4-12(14(9)16)15(20)18-11-6-5-10-8-17-19-13(10)7-11/h2-8H,1H3,(H,17,19)(H,18,20). The summed E-state index contributed by atoms with van der Waals surface area (Å²) in [6.07, 6.45) is 1.70. The summed E-state index contributed by atoms with van der Waals surface area (Å²) in [5.74, 6) is -0.960. The Morgan fingerprint density at radius 1 is 1.30 bits per heavy atom. The number of H-pyrrole nitrogens is 1. The number of aryl methyl sites for hydroxylation is 1. The number of aromatic amines is 1. The number of carbonyl (C=O) groups is 1. The molecule has 2 aromatic carbocycles. The maximum absolute atomic E-state index is 13.9. The van der Waals surface area contributed by atoms with Gasteiger partial charge in [-0.05, 0) is 36.8 Å². The van der Waals surface area contributed by atoms with Crippen LogP contribution in [0.1, 0.15) is 15.9 Å². The molecule has 0 unspecified atom stereocenters. The van der Waals surface area contributed by atoms with Gasteiger partial charge in [-0.1, -0.05) is 12.1 Å². The number of halogens is 1. The summed E-state index contributed by atoms with van der Waals surface area (Å²) in [7, 11) is 0. The van der Waals surface area contributed by atoms with Crippen molar-refractivity contribution in [1.29, 1.82) is 0 Å². The van der Waals surface area contributed by atoms with Gasteiger partial charge in [0.1, 0.15) is 5.82 Å². The van der Waals surface area contributed by atoms with Gasteiger partial charge in [0.2, 0.25) is 0 Å². The van der Waals surface area contributed by atoms with E-state index in [2.05, 4.69) is 15.5 Å². The second kappa shape index (κ2) is 4.77. The van der Waals surface area contributed by atoms with Gasteiger partial charge >= 0.3 is 0 Å². The zero-order valence-electron chi connectivity index (χ0n) is 10.8. The molecule has 0 aliphatic rings. The highest BCUT2D eigenvalue weighted by Gasteiger charge is 2.13. The van der Waals surface area contributed by atoms with Crippen LogP contribution in [0.4, 0.5) is 10.1 Å². The van der Waals surface area contributed by atoms with E-state index in [1.165, 1.54) is 6.07 Å². The molecule has 1 heterocycles. The number of benzene rings is 2. The molecule has 0 bridgehead atoms. The minimum absolute atomic E-state index is 0.0368. The first-order valence-corrected chi connectivity index (χ1v) is 6.15. The lowest BCUT2D eigenvalue weighted by molar-refractivity contribution is 0.102. The van der Waals surface area contributed by atoms with Crippen molar-refractivity contribution in [2.24, 2.45) is 0 Å². The smallest absolute Gasteiger partial charge is 0.258 e. The predicted octanol–water partition coefficient (Wildman–Crippen LogP) is 3.26. The number of nitrogens with one attached hydrogen (secondary N) is 2. The number of hydrogen-bond acceptors (Lipinski definition) is 2. The molecule has 0 saturated heterocycles. The molecular weight excluding hydrogens is 257 g/mol. The molecule has 20 heavy (non-hydrogen) atoms. The molecule has 0 atom stereocenters. The highest BCUT2D eigenvalue weighted by molar-refractivity contribution is 6.05. The van der Waals surface area contributed by atoms with Gasteiger partial charge < -0.3 is 5.32 Å². The van der Waals surface area contributed by atoms with Gasteiger partial charge in [-0.3, -0.25) is 9.89 Å². The summed E-state index contributed by atoms with van der Waals surface area (Å²) in [6, 6.07) is 10.1. The number of carbonyl (C=O) groups excluding carboxylic acids is 1. The van der Waals surface area contributed by atoms with Crippen molar-refractivity contribution in [1.82, 2.24) is 10.2 Å². The summed E-state index contributed by atoms with van der Waals surface area (Å²) in [5.41, 5.74) is 1.89. The first-order valence-electron chi connectivity index (χ1n) is 6.15. The third kappa shape index (κ3) is 2.14. The van der Waals surface area contributed by atoms with Gasteiger partial charge in [0, 0.05) is 11.1 Å². The second-order valence-corrected chi connectivity index (χ2v) is 4.56. The Morgan fingerprint density at radius 2 is 2.15 bits per heavy atom. The summed E-state index contributed by atoms with van der Waals surface area (Å²) in [5, 5.41) is 10.4. The lowest BCUT2D eigenvalue weighted by Crippen LogP contribution is -2.14. The Labute approximate surface area is 114 Å². The van der Waals surface area contributed by atoms with Crippen molar-refractivity contribution in [3.8, 4) is 0 Å². The molecule has 0 radical (unpaired) electrons. The van der Waals surface area contributed by atoms with E-state index < -0.39 is 11.7 Å². The zero-order valence-corrected chi connectivity index (χ0v) is 10.8. The van der Waals surface area contributed by atoms with Gasteiger partial charge in [-0.2, -0.15) is 5.10 Å². The normalized spacial score (nSPS) is 10.7. The van der Waals surface area contributed by atoms with Crippen LogP contribution in [0.25, 0.3) is 10.9 Å². The van der Waals surface area contributed by atoms with Crippen LogP contribution in [0, 0.1) is 12.7 Å². The average molecular weight is 269 g/mol. The zero-order chi connectivity index (χ0) is 14.1. The van der Waals surface area contributed by atoms with E-state index >= 15 is 0 Å². The summed E-state index contributed by atoms with van der Waals surface area (Å²) in [4.78, 5) is 12.1. The molecule has 2 N–H and O–H groups in total. The Bertz CT molecular complexity index is 795. The number of amides is 1. The van der Waals surface area contributed by atoms with Crippen LogP contribution in [0.2, 0.25) is 0 Å². The van der Waals surface area contributed by atoms with Gasteiger partial charge in [0.25, 0.3) is 5.91 Å². The Morgan fingerprint density at radius 3 is 3.00 bits per heavy atom. The van der Waals surface area contributed by atoms with Crippen LogP contribution < -0.4 is 5.32 Å². The van der Waals surface area contributed by atoms with E-state index in [0.717, 1.165) is 10.9 Å². The Balaban J connectivity index is 1.90. The lowest BCUT2D eigenvalue weighted by Gasteiger charge is -2.07. The summed E-state index contributed by atoms with van der Waals surface area (Å²) in [6.45, 7) is 1.63. The van der Waals surface area contributed by atoms with Crippen LogP contribution in [0.5, 0.6) is 0 Å². The highest BCUT2D eigenvalue weighted by atomic mass is 19.1. The van der Waals surface area contributed by atoms with Crippen LogP contribution in [-0.2, 0) is 0 Å². The summed E-state index contributed by atoms with van der Waals surface area (Å²) >= 11 is 0. The average Bonchev–Trinajstić information content (AvgIpc) is 2.89. The molecule has 3 rings (SSSR count). The monoisotopic (exact) mass is 269 g/mol. The molecule has 1 aromatic heterocycles. The molecule has 100 valence electrons. The molecule has 0 spiro atoms. The van der Waals surface area contributed by atoms with E-state index in [1.807, 2.05) is 6.07 Å². The molecule has 4 nitrogen and oxygen atoms in total. The number of hydrogen-bond donors (Lipinski definition) is 2. The Hall–Kier alpha value is -2.69. The van der Waals surface area contributed by atoms with Gasteiger partial charge in [0.15, 0.2) is 0 Å². The maximum Gasteiger partial charge on any atom is 0.258 e. The molecule has 0 aliphatic carbocycles. The fourth-order valence-corrected chi connectivity index (χ4v) is 2.04. The fourth-order valence-electron chi connectivity index (χ4n) is 2.04. The lowest BCUT2D eigenvalue weighted by atomic mass is 10.1. The first kappa shape index (κ1) is 12.3. The van der Waals surface area contributed by atoms with E-state index in [-0.39, 0.29) is 5.56 Å². The SMILES string of the molecule is Cc1cccc(C(=O)Nc2ccc3cn[nH]c3c2)c1F. The van der Waals surface area contributed by atoms with Gasteiger partial charge in [0.05, 0.1) is 17.3 Å². The van der Waals surface area contributed by atoms with E-state index in [9.17, 15) is 9.18 Å². The predicted molar refractivity (Wildman–Crippen MR) is 75.2 cm³/mol. The molecular formula is C15H12FN3O. The third-order valence-electron chi connectivity index (χ3n) is 3.14. The van der Waals surface area contributed by atoms with Crippen LogP contribution in [-0.4, -0.2) is 16.1 Å². The molecule has 3 aromatic rings. The topological polar surface area (TPSA) is 57.8 Å². The fraction of sp³-hybridized carbons (Fsp3) is 0.0667. The number of aromatic nitrogens is 2.